The number of nitrogens with two attached hydrogens (primary N) is 1. The Morgan fingerprint density at radius 3 is 2.59 bits per heavy atom. The van der Waals surface area contributed by atoms with Crippen molar-refractivity contribution in [3.63, 3.8) is 0 Å². The highest BCUT2D eigenvalue weighted by atomic mass is 35.5. The zero-order valence-electron chi connectivity index (χ0n) is 16.7. The molecule has 1 atom stereocenters. The van der Waals surface area contributed by atoms with Gasteiger partial charge in [-0.1, -0.05) is 35.3 Å². The first kappa shape index (κ1) is 21.8. The molecule has 4 N–H and O–H groups in total. The molecule has 2 aromatic rings. The van der Waals surface area contributed by atoms with Gasteiger partial charge in [0, 0.05) is 23.3 Å². The fourth-order valence-corrected chi connectivity index (χ4v) is 4.46. The van der Waals surface area contributed by atoms with Crippen LogP contribution in [0.25, 0.3) is 0 Å². The number of nitrogens with zero attached hydrogens (tertiary/aromatic N) is 2. The Morgan fingerprint density at radius 2 is 1.91 bits per heavy atom. The van der Waals surface area contributed by atoms with E-state index in [1.54, 1.807) is 18.2 Å². The van der Waals surface area contributed by atoms with Crippen LogP contribution in [0.1, 0.15) is 41.1 Å². The van der Waals surface area contributed by atoms with Crippen LogP contribution >= 0.6 is 23.2 Å². The number of Topliss-reactive ketones (excluding diaryl/α,β-unsaturated/α-hetero) is 1. The van der Waals surface area contributed by atoms with Crippen LogP contribution in [0.15, 0.2) is 65.1 Å². The Kier molecular flexibility index (Phi) is 5.83. The number of phenols is 1. The van der Waals surface area contributed by atoms with Crippen LogP contribution in [0.2, 0.25) is 10.0 Å². The molecule has 4 rings (SSSR count). The SMILES string of the molecule is N#CC1=C(N)N(NC(=O)c2ccc(O)cc2)C2=C(C(=O)CCC2)C1c1cccc(Cl)c1Cl. The minimum atomic E-state index is -0.782. The van der Waals surface area contributed by atoms with Crippen molar-refractivity contribution in [1.29, 1.82) is 5.26 Å². The van der Waals surface area contributed by atoms with Crippen LogP contribution in [-0.2, 0) is 4.79 Å². The molecule has 0 radical (unpaired) electrons. The summed E-state index contributed by atoms with van der Waals surface area (Å²) in [5, 5.41) is 21.3. The van der Waals surface area contributed by atoms with Gasteiger partial charge in [-0.2, -0.15) is 5.26 Å². The Morgan fingerprint density at radius 1 is 1.19 bits per heavy atom. The summed E-state index contributed by atoms with van der Waals surface area (Å²) in [6.45, 7) is 0. The Balaban J connectivity index is 1.84. The first-order valence-corrected chi connectivity index (χ1v) is 10.6. The largest absolute Gasteiger partial charge is 0.508 e. The second kappa shape index (κ2) is 8.58. The van der Waals surface area contributed by atoms with Crippen molar-refractivity contribution >= 4 is 34.9 Å². The normalized spacial score (nSPS) is 18.3. The summed E-state index contributed by atoms with van der Waals surface area (Å²) < 4.78 is 0. The number of halogens is 2. The maximum atomic E-state index is 13.0. The number of ketones is 1. The van der Waals surface area contributed by atoms with E-state index in [9.17, 15) is 20.0 Å². The zero-order valence-corrected chi connectivity index (χ0v) is 18.2. The lowest BCUT2D eigenvalue weighted by molar-refractivity contribution is -0.116. The number of hydrogen-bond acceptors (Lipinski definition) is 6. The van der Waals surface area contributed by atoms with Gasteiger partial charge in [-0.05, 0) is 48.7 Å². The smallest absolute Gasteiger partial charge is 0.270 e. The number of benzene rings is 2. The summed E-state index contributed by atoms with van der Waals surface area (Å²) in [6, 6.07) is 12.8. The molecule has 0 fully saturated rings. The van der Waals surface area contributed by atoms with E-state index in [1.807, 2.05) is 0 Å². The molecule has 0 saturated carbocycles. The third-order valence-corrected chi connectivity index (χ3v) is 6.38. The van der Waals surface area contributed by atoms with Gasteiger partial charge in [-0.25, -0.2) is 5.01 Å². The number of nitriles is 1. The summed E-state index contributed by atoms with van der Waals surface area (Å²) in [5.41, 5.74) is 10.8. The maximum absolute atomic E-state index is 13.0. The molecule has 0 spiro atoms. The number of phenolic OH excluding ortho intramolecular Hbond substituents is 1. The Bertz CT molecular complexity index is 1230. The van der Waals surface area contributed by atoms with Gasteiger partial charge < -0.3 is 10.8 Å². The lowest BCUT2D eigenvalue weighted by Gasteiger charge is -2.39. The summed E-state index contributed by atoms with van der Waals surface area (Å²) in [7, 11) is 0. The molecule has 1 aliphatic carbocycles. The zero-order chi connectivity index (χ0) is 23.0. The van der Waals surface area contributed by atoms with E-state index in [0.29, 0.717) is 41.1 Å². The minimum Gasteiger partial charge on any atom is -0.508 e. The van der Waals surface area contributed by atoms with E-state index < -0.39 is 11.8 Å². The van der Waals surface area contributed by atoms with Crippen LogP contribution in [-0.4, -0.2) is 21.8 Å². The number of hydrogen-bond donors (Lipinski definition) is 3. The molecule has 32 heavy (non-hydrogen) atoms. The van der Waals surface area contributed by atoms with Crippen molar-refractivity contribution in [3.05, 3.63) is 86.3 Å². The topological polar surface area (TPSA) is 119 Å². The molecule has 2 aliphatic rings. The van der Waals surface area contributed by atoms with Gasteiger partial charge >= 0.3 is 0 Å². The van der Waals surface area contributed by atoms with Crippen LogP contribution in [0.3, 0.4) is 0 Å². The molecular formula is C23H18Cl2N4O3. The lowest BCUT2D eigenvalue weighted by Crippen LogP contribution is -2.48. The molecule has 1 amide bonds. The van der Waals surface area contributed by atoms with Gasteiger partial charge in [0.05, 0.1) is 27.6 Å². The summed E-state index contributed by atoms with van der Waals surface area (Å²) in [6.07, 6.45) is 1.37. The average molecular weight is 469 g/mol. The molecule has 1 heterocycles. The molecule has 1 unspecified atom stereocenters. The second-order valence-corrected chi connectivity index (χ2v) is 8.23. The first-order chi connectivity index (χ1) is 15.3. The fraction of sp³-hybridized carbons (Fsp3) is 0.174. The Hall–Kier alpha value is -3.47. The standard InChI is InChI=1S/C23H18Cl2N4O3/c24-16-4-1-3-14(21(16)25)19-15(11-26)22(27)29(17-5-2-6-18(31)20(17)19)28-23(32)12-7-9-13(30)10-8-12/h1,3-4,7-10,19,30H,2,5-6,27H2,(H,28,32). The van der Waals surface area contributed by atoms with Gasteiger partial charge in [-0.15, -0.1) is 0 Å². The average Bonchev–Trinajstić information content (AvgIpc) is 2.78. The van der Waals surface area contributed by atoms with Crippen molar-refractivity contribution in [3.8, 4) is 11.8 Å². The van der Waals surface area contributed by atoms with Crippen molar-refractivity contribution in [2.75, 3.05) is 0 Å². The van der Waals surface area contributed by atoms with Gasteiger partial charge in [-0.3, -0.25) is 15.0 Å². The highest BCUT2D eigenvalue weighted by Crippen LogP contribution is 2.46. The number of amides is 1. The Labute approximate surface area is 194 Å². The molecule has 1 aliphatic heterocycles. The highest BCUT2D eigenvalue weighted by Gasteiger charge is 2.41. The number of carbonyl (C=O) groups excluding carboxylic acids is 2. The molecule has 7 nitrogen and oxygen atoms in total. The molecule has 9 heteroatoms. The number of aromatic hydroxyl groups is 1. The van der Waals surface area contributed by atoms with Crippen LogP contribution in [0, 0.1) is 11.3 Å². The third kappa shape index (κ3) is 3.68. The number of carbonyl (C=O) groups is 2. The first-order valence-electron chi connectivity index (χ1n) is 9.83. The van der Waals surface area contributed by atoms with E-state index >= 15 is 0 Å². The number of rotatable bonds is 3. The number of hydrazine groups is 1. The van der Waals surface area contributed by atoms with E-state index in [4.69, 9.17) is 28.9 Å². The predicted molar refractivity (Wildman–Crippen MR) is 119 cm³/mol. The molecule has 162 valence electrons. The van der Waals surface area contributed by atoms with Crippen molar-refractivity contribution in [2.45, 2.75) is 25.2 Å². The van der Waals surface area contributed by atoms with Gasteiger partial charge in [0.1, 0.15) is 11.6 Å². The van der Waals surface area contributed by atoms with Crippen molar-refractivity contribution in [1.82, 2.24) is 10.4 Å². The van der Waals surface area contributed by atoms with Crippen LogP contribution in [0.4, 0.5) is 0 Å². The van der Waals surface area contributed by atoms with Crippen molar-refractivity contribution in [2.24, 2.45) is 5.73 Å². The number of allylic oxidation sites excluding steroid dienone is 3. The quantitative estimate of drug-likeness (QED) is 0.622. The summed E-state index contributed by atoms with van der Waals surface area (Å²) in [5.74, 6) is -1.40. The van der Waals surface area contributed by atoms with Gasteiger partial charge in [0.2, 0.25) is 0 Å². The minimum absolute atomic E-state index is 0.00844. The number of nitrogens with one attached hydrogen (secondary N) is 1. The molecular weight excluding hydrogens is 451 g/mol. The lowest BCUT2D eigenvalue weighted by atomic mass is 9.76. The van der Waals surface area contributed by atoms with Gasteiger partial charge in [0.15, 0.2) is 5.78 Å². The maximum Gasteiger partial charge on any atom is 0.270 e. The monoisotopic (exact) mass is 468 g/mol. The fourth-order valence-electron chi connectivity index (χ4n) is 4.05. The molecule has 2 aromatic carbocycles. The van der Waals surface area contributed by atoms with Crippen LogP contribution in [0.5, 0.6) is 5.75 Å². The third-order valence-electron chi connectivity index (χ3n) is 5.55. The predicted octanol–water partition coefficient (Wildman–Crippen LogP) is 4.14. The van der Waals surface area contributed by atoms with E-state index in [-0.39, 0.29) is 33.5 Å². The summed E-state index contributed by atoms with van der Waals surface area (Å²) >= 11 is 12.6. The van der Waals surface area contributed by atoms with E-state index in [2.05, 4.69) is 11.5 Å². The molecule has 0 saturated heterocycles. The molecule has 0 aromatic heterocycles. The van der Waals surface area contributed by atoms with E-state index in [1.165, 1.54) is 29.3 Å². The summed E-state index contributed by atoms with van der Waals surface area (Å²) in [4.78, 5) is 25.9. The van der Waals surface area contributed by atoms with E-state index in [0.717, 1.165) is 0 Å². The van der Waals surface area contributed by atoms with Gasteiger partial charge in [0.25, 0.3) is 5.91 Å². The molecule has 0 bridgehead atoms. The second-order valence-electron chi connectivity index (χ2n) is 7.45. The highest BCUT2D eigenvalue weighted by molar-refractivity contribution is 6.42. The van der Waals surface area contributed by atoms with Crippen molar-refractivity contribution < 1.29 is 14.7 Å². The van der Waals surface area contributed by atoms with Crippen LogP contribution < -0.4 is 11.2 Å².